The number of carbonyl (C=O) groups is 1. The van der Waals surface area contributed by atoms with Crippen molar-refractivity contribution in [2.24, 2.45) is 11.8 Å². The van der Waals surface area contributed by atoms with E-state index in [4.69, 9.17) is 5.26 Å². The number of nitrogens with zero attached hydrogens (tertiary/aromatic N) is 2. The molecule has 94 valence electrons. The Bertz CT molecular complexity index is 506. The fourth-order valence-electron chi connectivity index (χ4n) is 1.43. The van der Waals surface area contributed by atoms with Crippen molar-refractivity contribution < 1.29 is 9.72 Å². The Hall–Kier alpha value is -2.42. The summed E-state index contributed by atoms with van der Waals surface area (Å²) in [6, 6.07) is 7.52. The highest BCUT2D eigenvalue weighted by Crippen LogP contribution is 2.19. The lowest BCUT2D eigenvalue weighted by atomic mass is 9.96. The first-order valence-corrected chi connectivity index (χ1v) is 5.40. The molecule has 1 amide bonds. The lowest BCUT2D eigenvalue weighted by Gasteiger charge is -2.12. The van der Waals surface area contributed by atoms with Gasteiger partial charge in [-0.25, -0.2) is 0 Å². The van der Waals surface area contributed by atoms with Crippen molar-refractivity contribution in [3.8, 4) is 6.07 Å². The molecule has 0 heterocycles. The molecule has 6 nitrogen and oxygen atoms in total. The molecule has 1 aromatic rings. The van der Waals surface area contributed by atoms with Gasteiger partial charge in [0.25, 0.3) is 5.69 Å². The molecule has 0 radical (unpaired) electrons. The van der Waals surface area contributed by atoms with Crippen LogP contribution in [0.1, 0.15) is 13.8 Å². The van der Waals surface area contributed by atoms with Crippen molar-refractivity contribution in [3.05, 3.63) is 34.4 Å². The molecule has 18 heavy (non-hydrogen) atoms. The van der Waals surface area contributed by atoms with Gasteiger partial charge in [-0.05, 0) is 12.0 Å². The number of carbonyl (C=O) groups excluding carboxylic acids is 1. The Morgan fingerprint density at radius 3 is 2.67 bits per heavy atom. The maximum Gasteiger partial charge on any atom is 0.271 e. The van der Waals surface area contributed by atoms with Gasteiger partial charge >= 0.3 is 0 Å². The molecule has 0 spiro atoms. The Morgan fingerprint density at radius 1 is 1.50 bits per heavy atom. The molecule has 0 aliphatic carbocycles. The van der Waals surface area contributed by atoms with Gasteiger partial charge in [0, 0.05) is 17.8 Å². The summed E-state index contributed by atoms with van der Waals surface area (Å²) in [6.07, 6.45) is 0. The van der Waals surface area contributed by atoms with Crippen LogP contribution in [0, 0.1) is 33.3 Å². The van der Waals surface area contributed by atoms with Crippen molar-refractivity contribution in [3.63, 3.8) is 0 Å². The molecule has 0 aromatic heterocycles. The minimum Gasteiger partial charge on any atom is -0.325 e. The minimum atomic E-state index is -0.774. The van der Waals surface area contributed by atoms with Gasteiger partial charge in [-0.15, -0.1) is 0 Å². The second-order valence-electron chi connectivity index (χ2n) is 4.15. The molecule has 0 fully saturated rings. The zero-order valence-electron chi connectivity index (χ0n) is 10.1. The van der Waals surface area contributed by atoms with E-state index in [9.17, 15) is 14.9 Å². The number of nitrogens with one attached hydrogen (secondary N) is 1. The lowest BCUT2D eigenvalue weighted by Crippen LogP contribution is -2.25. The molecule has 1 aromatic carbocycles. The van der Waals surface area contributed by atoms with Gasteiger partial charge in [-0.2, -0.15) is 5.26 Å². The lowest BCUT2D eigenvalue weighted by molar-refractivity contribution is -0.384. The first kappa shape index (κ1) is 13.6. The van der Waals surface area contributed by atoms with Crippen molar-refractivity contribution in [2.45, 2.75) is 13.8 Å². The van der Waals surface area contributed by atoms with E-state index in [1.165, 1.54) is 18.2 Å². The summed E-state index contributed by atoms with van der Waals surface area (Å²) in [6.45, 7) is 3.53. The Morgan fingerprint density at radius 2 is 2.17 bits per heavy atom. The summed E-state index contributed by atoms with van der Waals surface area (Å²) < 4.78 is 0. The van der Waals surface area contributed by atoms with E-state index >= 15 is 0 Å². The number of benzene rings is 1. The van der Waals surface area contributed by atoms with Crippen LogP contribution in [0.2, 0.25) is 0 Å². The highest BCUT2D eigenvalue weighted by Gasteiger charge is 2.22. The molecule has 1 N–H and O–H groups in total. The van der Waals surface area contributed by atoms with Gasteiger partial charge in [0.2, 0.25) is 5.91 Å². The smallest absolute Gasteiger partial charge is 0.271 e. The topological polar surface area (TPSA) is 96.0 Å². The van der Waals surface area contributed by atoms with Crippen LogP contribution in [-0.2, 0) is 4.79 Å². The predicted octanol–water partition coefficient (Wildman–Crippen LogP) is 2.33. The number of rotatable bonds is 4. The number of hydrogen-bond donors (Lipinski definition) is 1. The van der Waals surface area contributed by atoms with Crippen molar-refractivity contribution in [1.82, 2.24) is 0 Å². The molecule has 6 heteroatoms. The quantitative estimate of drug-likeness (QED) is 0.652. The molecule has 0 aliphatic heterocycles. The number of amides is 1. The second kappa shape index (κ2) is 5.77. The maximum atomic E-state index is 11.8. The number of nitriles is 1. The summed E-state index contributed by atoms with van der Waals surface area (Å²) >= 11 is 0. The van der Waals surface area contributed by atoms with Gasteiger partial charge < -0.3 is 5.32 Å². The summed E-state index contributed by atoms with van der Waals surface area (Å²) in [7, 11) is 0. The SMILES string of the molecule is CC(C)C(C#N)C(=O)Nc1cccc([N+](=O)[O-])c1. The summed E-state index contributed by atoms with van der Waals surface area (Å²) in [4.78, 5) is 21.8. The summed E-state index contributed by atoms with van der Waals surface area (Å²) in [5.41, 5.74) is 0.209. The van der Waals surface area contributed by atoms with Crippen LogP contribution in [0.25, 0.3) is 0 Å². The van der Waals surface area contributed by atoms with Gasteiger partial charge in [0.1, 0.15) is 5.92 Å². The summed E-state index contributed by atoms with van der Waals surface area (Å²) in [5.74, 6) is -1.34. The van der Waals surface area contributed by atoms with E-state index < -0.39 is 16.7 Å². The van der Waals surface area contributed by atoms with Gasteiger partial charge in [0.15, 0.2) is 0 Å². The molecular formula is C12H13N3O3. The van der Waals surface area contributed by atoms with Crippen LogP contribution in [0.3, 0.4) is 0 Å². The number of nitro groups is 1. The Balaban J connectivity index is 2.85. The van der Waals surface area contributed by atoms with Gasteiger partial charge in [0.05, 0.1) is 11.0 Å². The molecule has 0 saturated carbocycles. The molecule has 1 atom stereocenters. The third-order valence-electron chi connectivity index (χ3n) is 2.41. The number of anilines is 1. The van der Waals surface area contributed by atoms with E-state index in [-0.39, 0.29) is 11.6 Å². The molecule has 0 aliphatic rings. The molecular weight excluding hydrogens is 234 g/mol. The zero-order valence-corrected chi connectivity index (χ0v) is 10.1. The van der Waals surface area contributed by atoms with E-state index in [0.717, 1.165) is 0 Å². The summed E-state index contributed by atoms with van der Waals surface area (Å²) in [5, 5.41) is 21.9. The molecule has 1 rings (SSSR count). The minimum absolute atomic E-state index is 0.106. The fourth-order valence-corrected chi connectivity index (χ4v) is 1.43. The predicted molar refractivity (Wildman–Crippen MR) is 65.7 cm³/mol. The van der Waals surface area contributed by atoms with E-state index in [0.29, 0.717) is 5.69 Å². The van der Waals surface area contributed by atoms with Crippen LogP contribution in [-0.4, -0.2) is 10.8 Å². The third-order valence-corrected chi connectivity index (χ3v) is 2.41. The first-order valence-electron chi connectivity index (χ1n) is 5.40. The second-order valence-corrected chi connectivity index (χ2v) is 4.15. The normalized spacial score (nSPS) is 11.7. The number of non-ortho nitro benzene ring substituents is 1. The van der Waals surface area contributed by atoms with E-state index in [1.807, 2.05) is 6.07 Å². The highest BCUT2D eigenvalue weighted by molar-refractivity contribution is 5.94. The monoisotopic (exact) mass is 247 g/mol. The van der Waals surface area contributed by atoms with E-state index in [2.05, 4.69) is 5.32 Å². The highest BCUT2D eigenvalue weighted by atomic mass is 16.6. The Labute approximate surface area is 104 Å². The van der Waals surface area contributed by atoms with Crippen LogP contribution in [0.15, 0.2) is 24.3 Å². The van der Waals surface area contributed by atoms with Crippen molar-refractivity contribution >= 4 is 17.3 Å². The molecule has 0 saturated heterocycles. The van der Waals surface area contributed by atoms with Crippen LogP contribution >= 0.6 is 0 Å². The van der Waals surface area contributed by atoms with Gasteiger partial charge in [-0.1, -0.05) is 19.9 Å². The molecule has 0 bridgehead atoms. The maximum absolute atomic E-state index is 11.8. The van der Waals surface area contributed by atoms with Crippen LogP contribution in [0.5, 0.6) is 0 Å². The standard InChI is InChI=1S/C12H13N3O3/c1-8(2)11(7-13)12(16)14-9-4-3-5-10(6-9)15(17)18/h3-6,8,11H,1-2H3,(H,14,16). The van der Waals surface area contributed by atoms with Crippen LogP contribution < -0.4 is 5.32 Å². The largest absolute Gasteiger partial charge is 0.325 e. The Kier molecular flexibility index (Phi) is 4.38. The van der Waals surface area contributed by atoms with Crippen molar-refractivity contribution in [2.75, 3.05) is 5.32 Å². The van der Waals surface area contributed by atoms with E-state index in [1.54, 1.807) is 19.9 Å². The number of hydrogen-bond acceptors (Lipinski definition) is 4. The van der Waals surface area contributed by atoms with Crippen molar-refractivity contribution in [1.29, 1.82) is 5.26 Å². The number of nitro benzene ring substituents is 1. The van der Waals surface area contributed by atoms with Gasteiger partial charge in [-0.3, -0.25) is 14.9 Å². The average Bonchev–Trinajstić information content (AvgIpc) is 2.29. The average molecular weight is 247 g/mol. The first-order chi connectivity index (χ1) is 8.45. The van der Waals surface area contributed by atoms with Crippen LogP contribution in [0.4, 0.5) is 11.4 Å². The third kappa shape index (κ3) is 3.28. The molecule has 1 unspecified atom stereocenters. The zero-order chi connectivity index (χ0) is 13.7. The fraction of sp³-hybridized carbons (Fsp3) is 0.333.